The van der Waals surface area contributed by atoms with Gasteiger partial charge in [0.25, 0.3) is 17.8 Å². The van der Waals surface area contributed by atoms with E-state index in [-0.39, 0.29) is 24.3 Å². The molecule has 0 saturated carbocycles. The molecule has 0 spiro atoms. The Kier molecular flexibility index (Phi) is 6.90. The van der Waals surface area contributed by atoms with Crippen LogP contribution in [-0.2, 0) is 11.2 Å². The van der Waals surface area contributed by atoms with Gasteiger partial charge in [-0.1, -0.05) is 30.3 Å². The summed E-state index contributed by atoms with van der Waals surface area (Å²) in [5.74, 6) is 0.848. The van der Waals surface area contributed by atoms with E-state index in [0.717, 1.165) is 36.4 Å². The number of imide groups is 1. The lowest BCUT2D eigenvalue weighted by atomic mass is 10.1. The van der Waals surface area contributed by atoms with Crippen molar-refractivity contribution in [1.82, 2.24) is 14.7 Å². The van der Waals surface area contributed by atoms with Crippen LogP contribution in [0.3, 0.4) is 0 Å². The number of benzene rings is 1. The zero-order valence-electron chi connectivity index (χ0n) is 17.4. The number of fused-ring (bicyclic) bond motifs is 1. The van der Waals surface area contributed by atoms with E-state index in [1.807, 2.05) is 34.9 Å². The molecule has 0 radical (unpaired) electrons. The third kappa shape index (κ3) is 4.26. The number of rotatable bonds is 6. The third-order valence-electron chi connectivity index (χ3n) is 5.89. The highest BCUT2D eigenvalue weighted by atomic mass is 35.5. The number of likely N-dealkylation sites (tertiary alicyclic amines) is 1. The van der Waals surface area contributed by atoms with Crippen LogP contribution in [0.15, 0.2) is 35.3 Å². The number of hydrogen-bond acceptors (Lipinski definition) is 5. The van der Waals surface area contributed by atoms with Crippen LogP contribution in [0, 0.1) is 0 Å². The molecule has 1 aromatic carbocycles. The zero-order chi connectivity index (χ0) is 20.5. The van der Waals surface area contributed by atoms with Gasteiger partial charge in [-0.15, -0.1) is 12.4 Å². The Hall–Kier alpha value is -2.29. The predicted octanol–water partition coefficient (Wildman–Crippen LogP) is 0.823. The summed E-state index contributed by atoms with van der Waals surface area (Å²) in [6.45, 7) is 2.89. The summed E-state index contributed by atoms with van der Waals surface area (Å²) < 4.78 is 1.88. The van der Waals surface area contributed by atoms with Crippen LogP contribution in [0.2, 0.25) is 0 Å². The minimum Gasteiger partial charge on any atom is -0.388 e. The van der Waals surface area contributed by atoms with Crippen LogP contribution in [0.1, 0.15) is 18.4 Å². The predicted molar refractivity (Wildman–Crippen MR) is 116 cm³/mol. The molecule has 2 saturated heterocycles. The molecule has 1 aromatic rings. The van der Waals surface area contributed by atoms with Gasteiger partial charge in [-0.05, 0) is 36.5 Å². The molecular formula is C21H29ClN5O3+. The van der Waals surface area contributed by atoms with E-state index in [0.29, 0.717) is 31.2 Å². The Bertz CT molecular complexity index is 867. The molecule has 9 heteroatoms. The highest BCUT2D eigenvalue weighted by Crippen LogP contribution is 2.21. The van der Waals surface area contributed by atoms with Crippen molar-refractivity contribution in [1.29, 1.82) is 0 Å². The summed E-state index contributed by atoms with van der Waals surface area (Å²) in [6, 6.07) is 8.85. The van der Waals surface area contributed by atoms with E-state index in [2.05, 4.69) is 9.89 Å². The highest BCUT2D eigenvalue weighted by Gasteiger charge is 2.53. The maximum atomic E-state index is 12.9. The van der Waals surface area contributed by atoms with E-state index in [1.54, 1.807) is 7.05 Å². The number of nitrogens with zero attached hydrogens (tertiary/aromatic N) is 5. The number of aliphatic hydroxyl groups is 1. The van der Waals surface area contributed by atoms with Gasteiger partial charge in [-0.3, -0.25) is 14.6 Å². The third-order valence-corrected chi connectivity index (χ3v) is 5.89. The zero-order valence-corrected chi connectivity index (χ0v) is 18.2. The number of urea groups is 1. The maximum absolute atomic E-state index is 12.9. The first-order valence-electron chi connectivity index (χ1n) is 10.2. The van der Waals surface area contributed by atoms with Crippen LogP contribution >= 0.6 is 12.4 Å². The number of likely N-dealkylation sites (N-methyl/N-ethyl adjacent to an activating group) is 2. The van der Waals surface area contributed by atoms with Crippen molar-refractivity contribution in [3.8, 4) is 0 Å². The van der Waals surface area contributed by atoms with Crippen molar-refractivity contribution in [3.05, 3.63) is 35.9 Å². The lowest BCUT2D eigenvalue weighted by Crippen LogP contribution is -2.62. The number of aliphatic imine (C=N–C) groups is 1. The van der Waals surface area contributed by atoms with Crippen LogP contribution < -0.4 is 0 Å². The molecule has 2 atom stereocenters. The van der Waals surface area contributed by atoms with Crippen LogP contribution in [0.25, 0.3) is 0 Å². The number of halogens is 1. The Morgan fingerprint density at radius 3 is 2.47 bits per heavy atom. The molecule has 0 aliphatic carbocycles. The van der Waals surface area contributed by atoms with Gasteiger partial charge in [0.05, 0.1) is 6.42 Å². The van der Waals surface area contributed by atoms with Crippen molar-refractivity contribution >= 4 is 36.0 Å². The number of β-amino-alcohol motifs (C(OH)–C–C–N with tert-alkyl or cyclic N) is 1. The van der Waals surface area contributed by atoms with Gasteiger partial charge in [-0.2, -0.15) is 0 Å². The normalized spacial score (nSPS) is 22.9. The SMILES string of the molecule is CN1C(=O)C2C(=NC(Cc3ccccc3)=[N+]2CC(O)CN2CCCC2)N(C)C1=O.Cl. The Labute approximate surface area is 182 Å². The summed E-state index contributed by atoms with van der Waals surface area (Å²) in [4.78, 5) is 34.8. The van der Waals surface area contributed by atoms with Crippen molar-refractivity contribution < 1.29 is 19.3 Å². The van der Waals surface area contributed by atoms with Gasteiger partial charge in [0.15, 0.2) is 0 Å². The van der Waals surface area contributed by atoms with E-state index in [9.17, 15) is 14.7 Å². The van der Waals surface area contributed by atoms with Gasteiger partial charge in [-0.25, -0.2) is 9.37 Å². The molecule has 1 N–H and O–H groups in total. The van der Waals surface area contributed by atoms with Crippen molar-refractivity contribution in [3.63, 3.8) is 0 Å². The fourth-order valence-corrected chi connectivity index (χ4v) is 4.33. The lowest BCUT2D eigenvalue weighted by molar-refractivity contribution is -0.544. The van der Waals surface area contributed by atoms with Crippen LogP contribution in [0.5, 0.6) is 0 Å². The average molecular weight is 435 g/mol. The Morgan fingerprint density at radius 1 is 1.13 bits per heavy atom. The summed E-state index contributed by atoms with van der Waals surface area (Å²) >= 11 is 0. The van der Waals surface area contributed by atoms with Crippen LogP contribution in [-0.4, -0.2) is 100 Å². The molecular weight excluding hydrogens is 406 g/mol. The molecule has 4 rings (SSSR count). The molecule has 0 bridgehead atoms. The fourth-order valence-electron chi connectivity index (χ4n) is 4.33. The first kappa shape index (κ1) is 22.4. The standard InChI is InChI=1S/C21H28N5O3.ClH/c1-23-19-18(20(28)24(2)21(23)29)26(14-16(27)13-25-10-6-7-11-25)17(22-19)12-15-8-4-3-5-9-15;/h3-5,8-9,16,18,27H,6-7,10-14H2,1-2H3;1H/q+1;. The number of carbonyl (C=O) groups excluding carboxylic acids is 2. The van der Waals surface area contributed by atoms with Crippen LogP contribution in [0.4, 0.5) is 4.79 Å². The second-order valence-electron chi connectivity index (χ2n) is 8.00. The summed E-state index contributed by atoms with van der Waals surface area (Å²) in [5, 5.41) is 10.8. The average Bonchev–Trinajstić information content (AvgIpc) is 3.34. The molecule has 3 aliphatic rings. The van der Waals surface area contributed by atoms with Gasteiger partial charge in [0, 0.05) is 20.6 Å². The number of aliphatic hydroxyl groups excluding tert-OH is 1. The second kappa shape index (κ2) is 9.24. The minimum absolute atomic E-state index is 0. The first-order valence-corrected chi connectivity index (χ1v) is 10.2. The Morgan fingerprint density at radius 2 is 1.80 bits per heavy atom. The largest absolute Gasteiger partial charge is 0.388 e. The molecule has 2 unspecified atom stereocenters. The van der Waals surface area contributed by atoms with Crippen molar-refractivity contribution in [2.24, 2.45) is 4.99 Å². The minimum atomic E-state index is -0.672. The number of hydrogen-bond donors (Lipinski definition) is 1. The number of amidine groups is 2. The van der Waals surface area contributed by atoms with Gasteiger partial charge >= 0.3 is 11.9 Å². The molecule has 162 valence electrons. The molecule has 30 heavy (non-hydrogen) atoms. The summed E-state index contributed by atoms with van der Waals surface area (Å²) in [7, 11) is 3.13. The number of amides is 3. The second-order valence-corrected chi connectivity index (χ2v) is 8.00. The lowest BCUT2D eigenvalue weighted by Gasteiger charge is -2.31. The Balaban J connectivity index is 0.00000256. The molecule has 3 aliphatic heterocycles. The van der Waals surface area contributed by atoms with Gasteiger partial charge in [0.2, 0.25) is 0 Å². The van der Waals surface area contributed by atoms with E-state index >= 15 is 0 Å². The molecule has 8 nitrogen and oxygen atoms in total. The molecule has 2 fully saturated rings. The first-order chi connectivity index (χ1) is 14.0. The van der Waals surface area contributed by atoms with E-state index in [1.165, 1.54) is 11.9 Å². The summed E-state index contributed by atoms with van der Waals surface area (Å²) in [6.07, 6.45) is 2.26. The van der Waals surface area contributed by atoms with Gasteiger partial charge < -0.3 is 10.0 Å². The van der Waals surface area contributed by atoms with E-state index < -0.39 is 12.1 Å². The van der Waals surface area contributed by atoms with E-state index in [4.69, 9.17) is 0 Å². The summed E-state index contributed by atoms with van der Waals surface area (Å²) in [5.41, 5.74) is 1.07. The maximum Gasteiger partial charge on any atom is 0.333 e. The van der Waals surface area contributed by atoms with Crippen molar-refractivity contribution in [2.75, 3.05) is 40.3 Å². The molecule has 0 aromatic heterocycles. The topological polar surface area (TPSA) is 79.5 Å². The quantitative estimate of drug-likeness (QED) is 0.672. The number of carbonyl (C=O) groups is 2. The smallest absolute Gasteiger partial charge is 0.333 e. The highest BCUT2D eigenvalue weighted by molar-refractivity contribution is 6.23. The monoisotopic (exact) mass is 434 g/mol. The molecule has 3 amide bonds. The van der Waals surface area contributed by atoms with Gasteiger partial charge in [0.1, 0.15) is 12.6 Å². The fraction of sp³-hybridized carbons (Fsp3) is 0.524. The van der Waals surface area contributed by atoms with Crippen molar-refractivity contribution in [2.45, 2.75) is 31.4 Å². The molecule has 3 heterocycles.